The van der Waals surface area contributed by atoms with Crippen molar-refractivity contribution in [1.29, 1.82) is 0 Å². The lowest BCUT2D eigenvalue weighted by Crippen LogP contribution is -2.35. The topological polar surface area (TPSA) is 59.2 Å². The SMILES string of the molecule is C[C@H]1CCc2sc(-c3nnc(SCC(=O)N4CCCCCCC4)o3)cc2C1. The van der Waals surface area contributed by atoms with Crippen molar-refractivity contribution in [3.05, 3.63) is 16.5 Å². The molecule has 1 atom stereocenters. The monoisotopic (exact) mass is 405 g/mol. The molecule has 27 heavy (non-hydrogen) atoms. The zero-order valence-corrected chi connectivity index (χ0v) is 17.5. The summed E-state index contributed by atoms with van der Waals surface area (Å²) in [5, 5.41) is 8.85. The lowest BCUT2D eigenvalue weighted by atomic mass is 9.90. The van der Waals surface area contributed by atoms with Gasteiger partial charge in [0.2, 0.25) is 5.91 Å². The summed E-state index contributed by atoms with van der Waals surface area (Å²) in [4.78, 5) is 17.0. The summed E-state index contributed by atoms with van der Waals surface area (Å²) < 4.78 is 5.84. The molecule has 0 spiro atoms. The second-order valence-electron chi connectivity index (χ2n) is 7.72. The third-order valence-corrected chi connectivity index (χ3v) is 7.50. The fourth-order valence-corrected chi connectivity index (χ4v) is 5.69. The summed E-state index contributed by atoms with van der Waals surface area (Å²) in [6, 6.07) is 2.21. The molecule has 0 N–H and O–H groups in total. The molecule has 2 aliphatic rings. The summed E-state index contributed by atoms with van der Waals surface area (Å²) in [6.07, 6.45) is 9.54. The van der Waals surface area contributed by atoms with Gasteiger partial charge in [-0.15, -0.1) is 21.5 Å². The number of carbonyl (C=O) groups excluding carboxylic acids is 1. The van der Waals surface area contributed by atoms with Crippen molar-refractivity contribution < 1.29 is 9.21 Å². The molecule has 4 rings (SSSR count). The number of thiophene rings is 1. The van der Waals surface area contributed by atoms with Gasteiger partial charge in [0.25, 0.3) is 11.1 Å². The maximum absolute atomic E-state index is 12.5. The summed E-state index contributed by atoms with van der Waals surface area (Å²) in [5.41, 5.74) is 1.44. The molecule has 1 aliphatic heterocycles. The highest BCUT2D eigenvalue weighted by Crippen LogP contribution is 2.37. The van der Waals surface area contributed by atoms with Crippen LogP contribution >= 0.6 is 23.1 Å². The highest BCUT2D eigenvalue weighted by atomic mass is 32.2. The van der Waals surface area contributed by atoms with Gasteiger partial charge in [-0.1, -0.05) is 37.9 Å². The largest absolute Gasteiger partial charge is 0.410 e. The summed E-state index contributed by atoms with van der Waals surface area (Å²) in [6.45, 7) is 4.08. The number of hydrogen-bond acceptors (Lipinski definition) is 6. The quantitative estimate of drug-likeness (QED) is 0.683. The lowest BCUT2D eigenvalue weighted by Gasteiger charge is -2.24. The standard InChI is InChI=1S/C20H27N3O2S2/c1-14-7-8-16-15(11-14)12-17(27-16)19-21-22-20(25-19)26-13-18(24)23-9-5-3-2-4-6-10-23/h12,14H,2-11,13H2,1H3/t14-/m0/s1. The molecular weight excluding hydrogens is 378 g/mol. The van der Waals surface area contributed by atoms with Crippen molar-refractivity contribution in [2.45, 2.75) is 63.5 Å². The summed E-state index contributed by atoms with van der Waals surface area (Å²) >= 11 is 3.13. The Morgan fingerprint density at radius 3 is 2.85 bits per heavy atom. The molecule has 3 heterocycles. The number of nitrogens with zero attached hydrogens (tertiary/aromatic N) is 3. The van der Waals surface area contributed by atoms with Gasteiger partial charge in [0.05, 0.1) is 10.6 Å². The Bertz CT molecular complexity index is 778. The number of hydrogen-bond donors (Lipinski definition) is 0. The number of fused-ring (bicyclic) bond motifs is 1. The van der Waals surface area contributed by atoms with Crippen molar-refractivity contribution in [2.24, 2.45) is 5.92 Å². The fraction of sp³-hybridized carbons (Fsp3) is 0.650. The first-order valence-electron chi connectivity index (χ1n) is 10.0. The van der Waals surface area contributed by atoms with E-state index in [4.69, 9.17) is 4.42 Å². The maximum Gasteiger partial charge on any atom is 0.277 e. The van der Waals surface area contributed by atoms with E-state index in [1.54, 1.807) is 11.3 Å². The highest BCUT2D eigenvalue weighted by molar-refractivity contribution is 7.99. The zero-order chi connectivity index (χ0) is 18.6. The van der Waals surface area contributed by atoms with Crippen molar-refractivity contribution in [3.8, 4) is 10.8 Å². The van der Waals surface area contributed by atoms with E-state index in [1.807, 2.05) is 4.90 Å². The van der Waals surface area contributed by atoms with E-state index in [1.165, 1.54) is 47.9 Å². The van der Waals surface area contributed by atoms with Gasteiger partial charge in [-0.3, -0.25) is 4.79 Å². The van der Waals surface area contributed by atoms with Crippen LogP contribution in [0.15, 0.2) is 15.7 Å². The first-order chi connectivity index (χ1) is 13.2. The van der Waals surface area contributed by atoms with E-state index in [0.717, 1.165) is 49.6 Å². The van der Waals surface area contributed by atoms with E-state index in [9.17, 15) is 4.79 Å². The van der Waals surface area contributed by atoms with E-state index in [-0.39, 0.29) is 5.91 Å². The minimum absolute atomic E-state index is 0.183. The molecular formula is C20H27N3O2S2. The van der Waals surface area contributed by atoms with Crippen molar-refractivity contribution in [3.63, 3.8) is 0 Å². The smallest absolute Gasteiger partial charge is 0.277 e. The Balaban J connectivity index is 1.35. The second-order valence-corrected chi connectivity index (χ2v) is 9.78. The van der Waals surface area contributed by atoms with Crippen LogP contribution in [0.4, 0.5) is 0 Å². The third-order valence-electron chi connectivity index (χ3n) is 5.47. The van der Waals surface area contributed by atoms with Crippen LogP contribution < -0.4 is 0 Å². The minimum Gasteiger partial charge on any atom is -0.410 e. The maximum atomic E-state index is 12.5. The van der Waals surface area contributed by atoms with Gasteiger partial charge in [-0.05, 0) is 49.7 Å². The van der Waals surface area contributed by atoms with Crippen molar-refractivity contribution >= 4 is 29.0 Å². The molecule has 0 saturated carbocycles. The normalized spacial score (nSPS) is 20.8. The lowest BCUT2D eigenvalue weighted by molar-refractivity contribution is -0.128. The van der Waals surface area contributed by atoms with Crippen LogP contribution in [-0.2, 0) is 17.6 Å². The van der Waals surface area contributed by atoms with Gasteiger partial charge in [0.1, 0.15) is 0 Å². The molecule has 2 aromatic rings. The van der Waals surface area contributed by atoms with E-state index < -0.39 is 0 Å². The first kappa shape index (κ1) is 19.0. The number of aryl methyl sites for hydroxylation is 1. The number of likely N-dealkylation sites (tertiary alicyclic amines) is 1. The highest BCUT2D eigenvalue weighted by Gasteiger charge is 2.21. The van der Waals surface area contributed by atoms with Gasteiger partial charge in [0, 0.05) is 18.0 Å². The zero-order valence-electron chi connectivity index (χ0n) is 15.9. The number of amides is 1. The van der Waals surface area contributed by atoms with Crippen LogP contribution in [0.1, 0.15) is 55.9 Å². The molecule has 1 aliphatic carbocycles. The van der Waals surface area contributed by atoms with Gasteiger partial charge in [-0.25, -0.2) is 0 Å². The van der Waals surface area contributed by atoms with Crippen LogP contribution in [-0.4, -0.2) is 39.8 Å². The van der Waals surface area contributed by atoms with Gasteiger partial charge in [0.15, 0.2) is 0 Å². The number of thioether (sulfide) groups is 1. The molecule has 1 saturated heterocycles. The Hall–Kier alpha value is -1.34. The fourth-order valence-electron chi connectivity index (χ4n) is 3.89. The Labute approximate surface area is 168 Å². The number of rotatable bonds is 4. The Kier molecular flexibility index (Phi) is 6.18. The average Bonchev–Trinajstić information content (AvgIpc) is 3.25. The molecule has 0 bridgehead atoms. The van der Waals surface area contributed by atoms with Crippen LogP contribution in [0.5, 0.6) is 0 Å². The summed E-state index contributed by atoms with van der Waals surface area (Å²) in [5.74, 6) is 1.90. The first-order valence-corrected chi connectivity index (χ1v) is 11.9. The van der Waals surface area contributed by atoms with Crippen molar-refractivity contribution in [2.75, 3.05) is 18.8 Å². The molecule has 1 amide bonds. The third kappa shape index (κ3) is 4.74. The molecule has 5 nitrogen and oxygen atoms in total. The molecule has 0 unspecified atom stereocenters. The van der Waals surface area contributed by atoms with Gasteiger partial charge >= 0.3 is 0 Å². The Morgan fingerprint density at radius 2 is 2.04 bits per heavy atom. The average molecular weight is 406 g/mol. The molecule has 0 aromatic carbocycles. The van der Waals surface area contributed by atoms with Crippen molar-refractivity contribution in [1.82, 2.24) is 15.1 Å². The predicted octanol–water partition coefficient (Wildman–Crippen LogP) is 4.81. The number of aromatic nitrogens is 2. The minimum atomic E-state index is 0.183. The second kappa shape index (κ2) is 8.78. The van der Waals surface area contributed by atoms with Gasteiger partial charge in [-0.2, -0.15) is 0 Å². The van der Waals surface area contributed by atoms with E-state index >= 15 is 0 Å². The van der Waals surface area contributed by atoms with Crippen LogP contribution in [0.2, 0.25) is 0 Å². The molecule has 0 radical (unpaired) electrons. The Morgan fingerprint density at radius 1 is 1.26 bits per heavy atom. The molecule has 2 aromatic heterocycles. The van der Waals surface area contributed by atoms with Crippen LogP contribution in [0.25, 0.3) is 10.8 Å². The molecule has 146 valence electrons. The number of carbonyl (C=O) groups is 1. The molecule has 7 heteroatoms. The molecule has 1 fully saturated rings. The summed E-state index contributed by atoms with van der Waals surface area (Å²) in [7, 11) is 0. The van der Waals surface area contributed by atoms with E-state index in [0.29, 0.717) is 16.9 Å². The van der Waals surface area contributed by atoms with Gasteiger partial charge < -0.3 is 9.32 Å². The van der Waals surface area contributed by atoms with Crippen LogP contribution in [0, 0.1) is 5.92 Å². The van der Waals surface area contributed by atoms with Crippen LogP contribution in [0.3, 0.4) is 0 Å². The predicted molar refractivity (Wildman–Crippen MR) is 109 cm³/mol. The van der Waals surface area contributed by atoms with E-state index in [2.05, 4.69) is 23.2 Å².